The van der Waals surface area contributed by atoms with Crippen LogP contribution in [0.15, 0.2) is 36.5 Å². The summed E-state index contributed by atoms with van der Waals surface area (Å²) in [6.07, 6.45) is -0.150. The van der Waals surface area contributed by atoms with Crippen LogP contribution in [0.2, 0.25) is 0 Å². The van der Waals surface area contributed by atoms with E-state index in [1.54, 1.807) is 30.3 Å². The molecular formula is C22H22F2N4O6. The average Bonchev–Trinajstić information content (AvgIpc) is 3.12. The van der Waals surface area contributed by atoms with E-state index in [1.165, 1.54) is 13.1 Å². The van der Waals surface area contributed by atoms with Crippen molar-refractivity contribution in [2.24, 2.45) is 0 Å². The van der Waals surface area contributed by atoms with E-state index in [0.717, 1.165) is 5.39 Å². The number of aldehydes is 1. The zero-order valence-electron chi connectivity index (χ0n) is 18.0. The smallest absolute Gasteiger partial charge is 0.305 e. The number of carbonyl (C=O) groups excluding carboxylic acids is 4. The standard InChI is InChI=1S/C22H22F2N4O6/c1-12(26-20(33)18-15-5-3-2-4-13(15)6-7-25-18)21(34)28-11-22(23,24)9-16(28)19(32)27-14(10-29)8-17(30)31/h2-7,10,12,14,16H,8-9,11H2,1H3,(H,26,33)(H,27,32)(H,30,31)/t12-,14-,16-/m0/s1. The number of benzene rings is 1. The van der Waals surface area contributed by atoms with Crippen LogP contribution in [0.25, 0.3) is 10.8 Å². The maximum absolute atomic E-state index is 14.1. The Labute approximate surface area is 192 Å². The molecule has 0 bridgehead atoms. The highest BCUT2D eigenvalue weighted by Crippen LogP contribution is 2.32. The van der Waals surface area contributed by atoms with Gasteiger partial charge in [0.2, 0.25) is 11.8 Å². The number of aliphatic carboxylic acids is 1. The molecule has 180 valence electrons. The van der Waals surface area contributed by atoms with Crippen molar-refractivity contribution < 1.29 is 37.9 Å². The minimum atomic E-state index is -3.39. The minimum Gasteiger partial charge on any atom is -0.481 e. The molecule has 34 heavy (non-hydrogen) atoms. The Morgan fingerprint density at radius 1 is 1.24 bits per heavy atom. The molecule has 3 N–H and O–H groups in total. The summed E-state index contributed by atoms with van der Waals surface area (Å²) in [7, 11) is 0. The Hall–Kier alpha value is -3.96. The number of fused-ring (bicyclic) bond motifs is 1. The van der Waals surface area contributed by atoms with Crippen molar-refractivity contribution in [3.05, 3.63) is 42.2 Å². The van der Waals surface area contributed by atoms with Crippen molar-refractivity contribution >= 4 is 40.7 Å². The molecule has 10 nitrogen and oxygen atoms in total. The number of hydrogen-bond donors (Lipinski definition) is 3. The van der Waals surface area contributed by atoms with E-state index in [9.17, 15) is 32.8 Å². The normalized spacial score (nSPS) is 18.7. The summed E-state index contributed by atoms with van der Waals surface area (Å²) in [6, 6.07) is 4.27. The maximum atomic E-state index is 14.1. The number of rotatable bonds is 8. The lowest BCUT2D eigenvalue weighted by Crippen LogP contribution is -2.54. The molecule has 2 aromatic rings. The van der Waals surface area contributed by atoms with Crippen molar-refractivity contribution in [2.45, 2.75) is 43.8 Å². The quantitative estimate of drug-likeness (QED) is 0.477. The van der Waals surface area contributed by atoms with Gasteiger partial charge in [-0.2, -0.15) is 0 Å². The summed E-state index contributed by atoms with van der Waals surface area (Å²) in [5.41, 5.74) is 0.0429. The van der Waals surface area contributed by atoms with E-state index in [1.807, 2.05) is 0 Å². The second-order valence-corrected chi connectivity index (χ2v) is 7.97. The Morgan fingerprint density at radius 3 is 2.62 bits per heavy atom. The fourth-order valence-corrected chi connectivity index (χ4v) is 3.76. The van der Waals surface area contributed by atoms with E-state index >= 15 is 0 Å². The third-order valence-corrected chi connectivity index (χ3v) is 5.35. The number of alkyl halides is 2. The summed E-state index contributed by atoms with van der Waals surface area (Å²) >= 11 is 0. The number of pyridine rings is 1. The molecule has 1 aromatic carbocycles. The largest absolute Gasteiger partial charge is 0.481 e. The second kappa shape index (κ2) is 9.89. The van der Waals surface area contributed by atoms with E-state index < -0.39 is 67.1 Å². The van der Waals surface area contributed by atoms with Gasteiger partial charge in [0, 0.05) is 18.0 Å². The van der Waals surface area contributed by atoms with E-state index in [4.69, 9.17) is 5.11 Å². The molecule has 12 heteroatoms. The number of nitrogens with one attached hydrogen (secondary N) is 2. The van der Waals surface area contributed by atoms with Crippen LogP contribution in [0.5, 0.6) is 0 Å². The molecule has 0 unspecified atom stereocenters. The molecule has 0 saturated carbocycles. The minimum absolute atomic E-state index is 0.0429. The third kappa shape index (κ3) is 5.50. The Kier molecular flexibility index (Phi) is 7.18. The van der Waals surface area contributed by atoms with E-state index in [0.29, 0.717) is 10.3 Å². The highest BCUT2D eigenvalue weighted by molar-refractivity contribution is 6.06. The molecule has 3 rings (SSSR count). The Balaban J connectivity index is 1.75. The summed E-state index contributed by atoms with van der Waals surface area (Å²) < 4.78 is 28.3. The van der Waals surface area contributed by atoms with Gasteiger partial charge in [-0.1, -0.05) is 24.3 Å². The zero-order chi connectivity index (χ0) is 25.0. The van der Waals surface area contributed by atoms with Gasteiger partial charge >= 0.3 is 5.97 Å². The predicted octanol–water partition coefficient (Wildman–Crippen LogP) is 0.748. The van der Waals surface area contributed by atoms with Gasteiger partial charge in [-0.3, -0.25) is 24.2 Å². The molecule has 0 radical (unpaired) electrons. The SMILES string of the molecule is C[C@H](NC(=O)c1nccc2ccccc12)C(=O)N1CC(F)(F)C[C@H]1C(=O)N[C@H](C=O)CC(=O)O. The van der Waals surface area contributed by atoms with E-state index in [-0.39, 0.29) is 12.0 Å². The lowest BCUT2D eigenvalue weighted by molar-refractivity contribution is -0.142. The Bertz CT molecular complexity index is 1140. The van der Waals surface area contributed by atoms with Crippen molar-refractivity contribution in [1.82, 2.24) is 20.5 Å². The number of carbonyl (C=O) groups is 5. The van der Waals surface area contributed by atoms with Gasteiger partial charge in [0.05, 0.1) is 19.0 Å². The molecule has 3 amide bonds. The van der Waals surface area contributed by atoms with Gasteiger partial charge in [0.25, 0.3) is 11.8 Å². The summed E-state index contributed by atoms with van der Waals surface area (Å²) in [6.45, 7) is 0.219. The number of nitrogens with zero attached hydrogens (tertiary/aromatic N) is 2. The van der Waals surface area contributed by atoms with Gasteiger partial charge in [-0.05, 0) is 18.4 Å². The monoisotopic (exact) mass is 476 g/mol. The van der Waals surface area contributed by atoms with Crippen molar-refractivity contribution in [3.8, 4) is 0 Å². The summed E-state index contributed by atoms with van der Waals surface area (Å²) in [4.78, 5) is 64.7. The number of amides is 3. The van der Waals surface area contributed by atoms with Gasteiger partial charge in [-0.25, -0.2) is 8.78 Å². The fraction of sp³-hybridized carbons (Fsp3) is 0.364. The Morgan fingerprint density at radius 2 is 1.94 bits per heavy atom. The number of halogens is 2. The fourth-order valence-electron chi connectivity index (χ4n) is 3.76. The molecule has 3 atom stereocenters. The number of carboxylic acids is 1. The number of carboxylic acid groups (broad SMARTS) is 1. The van der Waals surface area contributed by atoms with Gasteiger partial charge in [0.15, 0.2) is 0 Å². The first-order chi connectivity index (χ1) is 16.0. The highest BCUT2D eigenvalue weighted by atomic mass is 19.3. The number of likely N-dealkylation sites (tertiary alicyclic amines) is 1. The van der Waals surface area contributed by atoms with Gasteiger partial charge in [0.1, 0.15) is 24.1 Å². The van der Waals surface area contributed by atoms with Crippen molar-refractivity contribution in [2.75, 3.05) is 6.54 Å². The molecule has 0 aliphatic carbocycles. The highest BCUT2D eigenvalue weighted by Gasteiger charge is 2.51. The lowest BCUT2D eigenvalue weighted by atomic mass is 10.1. The zero-order valence-corrected chi connectivity index (χ0v) is 18.0. The third-order valence-electron chi connectivity index (χ3n) is 5.35. The van der Waals surface area contributed by atoms with Gasteiger partial charge in [-0.15, -0.1) is 0 Å². The van der Waals surface area contributed by atoms with Crippen LogP contribution in [0.1, 0.15) is 30.3 Å². The van der Waals surface area contributed by atoms with Crippen LogP contribution in [0.4, 0.5) is 8.78 Å². The first-order valence-corrected chi connectivity index (χ1v) is 10.3. The van der Waals surface area contributed by atoms with Crippen LogP contribution in [-0.4, -0.2) is 75.6 Å². The maximum Gasteiger partial charge on any atom is 0.305 e. The average molecular weight is 476 g/mol. The first kappa shape index (κ1) is 24.7. The molecule has 2 heterocycles. The molecule has 0 spiro atoms. The molecule has 1 aliphatic rings. The lowest BCUT2D eigenvalue weighted by Gasteiger charge is -2.27. The number of hydrogen-bond acceptors (Lipinski definition) is 6. The predicted molar refractivity (Wildman–Crippen MR) is 114 cm³/mol. The van der Waals surface area contributed by atoms with Crippen LogP contribution in [-0.2, 0) is 19.2 Å². The summed E-state index contributed by atoms with van der Waals surface area (Å²) in [5.74, 6) is -7.49. The topological polar surface area (TPSA) is 146 Å². The molecular weight excluding hydrogens is 454 g/mol. The summed E-state index contributed by atoms with van der Waals surface area (Å²) in [5, 5.41) is 14.6. The molecule has 1 aromatic heterocycles. The van der Waals surface area contributed by atoms with Crippen molar-refractivity contribution in [1.29, 1.82) is 0 Å². The van der Waals surface area contributed by atoms with E-state index in [2.05, 4.69) is 15.6 Å². The molecule has 1 saturated heterocycles. The van der Waals surface area contributed by atoms with Crippen molar-refractivity contribution in [3.63, 3.8) is 0 Å². The van der Waals surface area contributed by atoms with Gasteiger partial charge < -0.3 is 25.4 Å². The molecule has 1 aliphatic heterocycles. The second-order valence-electron chi connectivity index (χ2n) is 7.97. The number of aromatic nitrogens is 1. The van der Waals surface area contributed by atoms with Crippen LogP contribution in [0, 0.1) is 0 Å². The first-order valence-electron chi connectivity index (χ1n) is 10.3. The van der Waals surface area contributed by atoms with Crippen LogP contribution in [0.3, 0.4) is 0 Å². The molecule has 1 fully saturated rings. The van der Waals surface area contributed by atoms with Crippen LogP contribution >= 0.6 is 0 Å². The van der Waals surface area contributed by atoms with Crippen LogP contribution < -0.4 is 10.6 Å².